The zero-order valence-corrected chi connectivity index (χ0v) is 11.6. The molecule has 19 heavy (non-hydrogen) atoms. The van der Waals surface area contributed by atoms with Crippen molar-refractivity contribution < 1.29 is 14.3 Å². The summed E-state index contributed by atoms with van der Waals surface area (Å²) in [6.45, 7) is 6.02. The molecule has 1 aromatic rings. The maximum absolute atomic E-state index is 11.8. The normalized spacial score (nSPS) is 10.5. The SMILES string of the molecule is CCN(CC)c1ccc(C(=O)/C=C/C(=O)OC)cc1. The highest BCUT2D eigenvalue weighted by Crippen LogP contribution is 2.15. The van der Waals surface area contributed by atoms with Crippen LogP contribution in [0.2, 0.25) is 0 Å². The van der Waals surface area contributed by atoms with Crippen molar-refractivity contribution in [1.29, 1.82) is 0 Å². The molecule has 0 aliphatic heterocycles. The summed E-state index contributed by atoms with van der Waals surface area (Å²) in [7, 11) is 1.27. The van der Waals surface area contributed by atoms with E-state index in [1.54, 1.807) is 12.1 Å². The number of methoxy groups -OCH3 is 1. The minimum atomic E-state index is -0.534. The molecule has 4 heteroatoms. The summed E-state index contributed by atoms with van der Waals surface area (Å²) < 4.78 is 4.43. The van der Waals surface area contributed by atoms with Gasteiger partial charge in [-0.05, 0) is 44.2 Å². The van der Waals surface area contributed by atoms with Crippen molar-refractivity contribution in [3.8, 4) is 0 Å². The van der Waals surface area contributed by atoms with Crippen molar-refractivity contribution in [3.05, 3.63) is 42.0 Å². The molecule has 0 saturated heterocycles. The maximum Gasteiger partial charge on any atom is 0.330 e. The molecule has 0 radical (unpaired) electrons. The molecule has 0 bridgehead atoms. The molecule has 0 atom stereocenters. The van der Waals surface area contributed by atoms with E-state index in [4.69, 9.17) is 0 Å². The molecule has 0 aliphatic rings. The number of hydrogen-bond donors (Lipinski definition) is 0. The number of carbonyl (C=O) groups excluding carboxylic acids is 2. The van der Waals surface area contributed by atoms with Crippen molar-refractivity contribution in [2.45, 2.75) is 13.8 Å². The predicted molar refractivity (Wildman–Crippen MR) is 75.5 cm³/mol. The van der Waals surface area contributed by atoms with Gasteiger partial charge in [-0.25, -0.2) is 4.79 Å². The number of carbonyl (C=O) groups is 2. The van der Waals surface area contributed by atoms with Gasteiger partial charge in [-0.3, -0.25) is 4.79 Å². The van der Waals surface area contributed by atoms with Crippen LogP contribution in [0.5, 0.6) is 0 Å². The molecule has 1 aromatic carbocycles. The fourth-order valence-corrected chi connectivity index (χ4v) is 1.73. The monoisotopic (exact) mass is 261 g/mol. The number of ketones is 1. The summed E-state index contributed by atoms with van der Waals surface area (Å²) in [5.74, 6) is -0.746. The Hall–Kier alpha value is -2.10. The molecule has 0 unspecified atom stereocenters. The van der Waals surface area contributed by atoms with E-state index in [-0.39, 0.29) is 5.78 Å². The Morgan fingerprint density at radius 2 is 1.68 bits per heavy atom. The van der Waals surface area contributed by atoms with E-state index < -0.39 is 5.97 Å². The summed E-state index contributed by atoms with van der Waals surface area (Å²) >= 11 is 0. The van der Waals surface area contributed by atoms with E-state index in [9.17, 15) is 9.59 Å². The number of ether oxygens (including phenoxy) is 1. The number of esters is 1. The van der Waals surface area contributed by atoms with Crippen LogP contribution in [0, 0.1) is 0 Å². The third-order valence-corrected chi connectivity index (χ3v) is 2.85. The lowest BCUT2D eigenvalue weighted by molar-refractivity contribution is -0.134. The van der Waals surface area contributed by atoms with Crippen molar-refractivity contribution in [1.82, 2.24) is 0 Å². The Morgan fingerprint density at radius 1 is 1.11 bits per heavy atom. The van der Waals surface area contributed by atoms with Gasteiger partial charge < -0.3 is 9.64 Å². The van der Waals surface area contributed by atoms with Crippen LogP contribution < -0.4 is 4.90 Å². The van der Waals surface area contributed by atoms with Crippen LogP contribution in [-0.2, 0) is 9.53 Å². The molecule has 0 heterocycles. The minimum Gasteiger partial charge on any atom is -0.466 e. The minimum absolute atomic E-state index is 0.212. The highest BCUT2D eigenvalue weighted by molar-refractivity contribution is 6.07. The first-order valence-electron chi connectivity index (χ1n) is 6.27. The second kappa shape index (κ2) is 7.36. The standard InChI is InChI=1S/C15H19NO3/c1-4-16(5-2)13-8-6-12(7-9-13)14(17)10-11-15(18)19-3/h6-11H,4-5H2,1-3H3/b11-10+. The maximum atomic E-state index is 11.8. The van der Waals surface area contributed by atoms with Crippen LogP contribution in [0.15, 0.2) is 36.4 Å². The lowest BCUT2D eigenvalue weighted by atomic mass is 10.1. The van der Waals surface area contributed by atoms with Gasteiger partial charge in [-0.1, -0.05) is 0 Å². The Morgan fingerprint density at radius 3 is 2.16 bits per heavy atom. The second-order valence-electron chi connectivity index (χ2n) is 3.94. The molecular weight excluding hydrogens is 242 g/mol. The van der Waals surface area contributed by atoms with Gasteiger partial charge in [0.25, 0.3) is 0 Å². The van der Waals surface area contributed by atoms with Gasteiger partial charge in [0, 0.05) is 30.4 Å². The molecule has 0 spiro atoms. The molecule has 0 saturated carbocycles. The number of allylic oxidation sites excluding steroid dienone is 1. The Balaban J connectivity index is 2.78. The van der Waals surface area contributed by atoms with Crippen LogP contribution in [-0.4, -0.2) is 32.0 Å². The number of hydrogen-bond acceptors (Lipinski definition) is 4. The van der Waals surface area contributed by atoms with Crippen LogP contribution in [0.3, 0.4) is 0 Å². The number of benzene rings is 1. The molecular formula is C15H19NO3. The van der Waals surface area contributed by atoms with Crippen LogP contribution >= 0.6 is 0 Å². The van der Waals surface area contributed by atoms with Gasteiger partial charge in [0.15, 0.2) is 5.78 Å². The number of anilines is 1. The Labute approximate surface area is 113 Å². The van der Waals surface area contributed by atoms with Gasteiger partial charge in [0.1, 0.15) is 0 Å². The van der Waals surface area contributed by atoms with Crippen molar-refractivity contribution in [2.24, 2.45) is 0 Å². The van der Waals surface area contributed by atoms with Gasteiger partial charge in [0.05, 0.1) is 7.11 Å². The summed E-state index contributed by atoms with van der Waals surface area (Å²) in [4.78, 5) is 24.9. The van der Waals surface area contributed by atoms with Crippen LogP contribution in [0.1, 0.15) is 24.2 Å². The van der Waals surface area contributed by atoms with Gasteiger partial charge >= 0.3 is 5.97 Å². The first-order chi connectivity index (χ1) is 9.12. The summed E-state index contributed by atoms with van der Waals surface area (Å²) in [6.07, 6.45) is 2.35. The highest BCUT2D eigenvalue weighted by Gasteiger charge is 2.05. The zero-order chi connectivity index (χ0) is 14.3. The molecule has 1 rings (SSSR count). The van der Waals surface area contributed by atoms with E-state index in [1.807, 2.05) is 12.1 Å². The summed E-state index contributed by atoms with van der Waals surface area (Å²) in [6, 6.07) is 7.34. The van der Waals surface area contributed by atoms with E-state index in [1.165, 1.54) is 13.2 Å². The van der Waals surface area contributed by atoms with E-state index in [0.29, 0.717) is 5.56 Å². The largest absolute Gasteiger partial charge is 0.466 e. The first-order valence-corrected chi connectivity index (χ1v) is 6.27. The van der Waals surface area contributed by atoms with Gasteiger partial charge in [-0.2, -0.15) is 0 Å². The Kier molecular flexibility index (Phi) is 5.79. The van der Waals surface area contributed by atoms with E-state index in [0.717, 1.165) is 24.9 Å². The van der Waals surface area contributed by atoms with E-state index >= 15 is 0 Å². The van der Waals surface area contributed by atoms with Crippen molar-refractivity contribution >= 4 is 17.4 Å². The molecule has 102 valence electrons. The lowest BCUT2D eigenvalue weighted by Crippen LogP contribution is -2.21. The first kappa shape index (κ1) is 15.0. The topological polar surface area (TPSA) is 46.6 Å². The fourth-order valence-electron chi connectivity index (χ4n) is 1.73. The summed E-state index contributed by atoms with van der Waals surface area (Å²) in [5, 5.41) is 0. The second-order valence-corrected chi connectivity index (χ2v) is 3.94. The van der Waals surface area contributed by atoms with Gasteiger partial charge in [-0.15, -0.1) is 0 Å². The number of nitrogens with zero attached hydrogens (tertiary/aromatic N) is 1. The average Bonchev–Trinajstić information content (AvgIpc) is 2.46. The molecule has 0 fully saturated rings. The quantitative estimate of drug-likeness (QED) is 0.448. The average molecular weight is 261 g/mol. The zero-order valence-electron chi connectivity index (χ0n) is 11.6. The Bertz CT molecular complexity index is 459. The van der Waals surface area contributed by atoms with E-state index in [2.05, 4.69) is 23.5 Å². The van der Waals surface area contributed by atoms with Crippen molar-refractivity contribution in [3.63, 3.8) is 0 Å². The molecule has 0 aliphatic carbocycles. The van der Waals surface area contributed by atoms with Gasteiger partial charge in [0.2, 0.25) is 0 Å². The fraction of sp³-hybridized carbons (Fsp3) is 0.333. The van der Waals surface area contributed by atoms with Crippen LogP contribution in [0.25, 0.3) is 0 Å². The number of rotatable bonds is 6. The third-order valence-electron chi connectivity index (χ3n) is 2.85. The lowest BCUT2D eigenvalue weighted by Gasteiger charge is -2.20. The molecule has 0 N–H and O–H groups in total. The molecule has 0 amide bonds. The molecule has 0 aromatic heterocycles. The smallest absolute Gasteiger partial charge is 0.330 e. The summed E-state index contributed by atoms with van der Waals surface area (Å²) in [5.41, 5.74) is 1.63. The predicted octanol–water partition coefficient (Wildman–Crippen LogP) is 2.44. The highest BCUT2D eigenvalue weighted by atomic mass is 16.5. The van der Waals surface area contributed by atoms with Crippen LogP contribution in [0.4, 0.5) is 5.69 Å². The third kappa shape index (κ3) is 4.25. The molecule has 4 nitrogen and oxygen atoms in total. The van der Waals surface area contributed by atoms with Crippen molar-refractivity contribution in [2.75, 3.05) is 25.1 Å².